The van der Waals surface area contributed by atoms with Crippen LogP contribution in [-0.2, 0) is 24.0 Å². The Morgan fingerprint density at radius 1 is 0.875 bits per heavy atom. The molecule has 0 saturated carbocycles. The van der Waals surface area contributed by atoms with Crippen LogP contribution in [0, 0.1) is 0 Å². The summed E-state index contributed by atoms with van der Waals surface area (Å²) in [6, 6.07) is 0. The monoisotopic (exact) mass is 341 g/mol. The summed E-state index contributed by atoms with van der Waals surface area (Å²) in [5.74, 6) is -1.40. The summed E-state index contributed by atoms with van der Waals surface area (Å²) in [6.45, 7) is 1.35. The molecule has 0 aromatic carbocycles. The Hall–Kier alpha value is -2.25. The van der Waals surface area contributed by atoms with Gasteiger partial charge in [0.15, 0.2) is 5.78 Å². The van der Waals surface area contributed by atoms with Gasteiger partial charge in [0, 0.05) is 39.2 Å². The smallest absolute Gasteiger partial charge is 0.239 e. The number of hydrogen-bond donors (Lipinski definition) is 2. The molecule has 3 N–H and O–H groups in total. The van der Waals surface area contributed by atoms with E-state index in [9.17, 15) is 24.0 Å². The van der Waals surface area contributed by atoms with Crippen molar-refractivity contribution in [1.29, 1.82) is 0 Å². The SMILES string of the molecule is CCC(=O)CN(CC(=O)NC)C(=O)CCC(=O)CCCCC(N)=O. The quantitative estimate of drug-likeness (QED) is 0.454. The third-order valence-corrected chi connectivity index (χ3v) is 3.47. The minimum atomic E-state index is -0.400. The number of nitrogens with zero attached hydrogens (tertiary/aromatic N) is 1. The van der Waals surface area contributed by atoms with Crippen LogP contribution in [0.15, 0.2) is 0 Å². The molecule has 0 fully saturated rings. The number of hydrogen-bond acceptors (Lipinski definition) is 5. The van der Waals surface area contributed by atoms with E-state index in [0.29, 0.717) is 12.8 Å². The topological polar surface area (TPSA) is 127 Å². The number of unbranched alkanes of at least 4 members (excludes halogenated alkanes) is 1. The molecule has 0 aliphatic carbocycles. The Labute approximate surface area is 142 Å². The summed E-state index contributed by atoms with van der Waals surface area (Å²) in [4.78, 5) is 58.6. The average molecular weight is 341 g/mol. The standard InChI is InChI=1S/C16H27N3O5/c1-3-12(20)10-19(11-15(23)18-2)16(24)9-8-13(21)6-4-5-7-14(17)22/h3-11H2,1-2H3,(H2,17,22)(H,18,23). The highest BCUT2D eigenvalue weighted by molar-refractivity contribution is 5.91. The zero-order valence-corrected chi connectivity index (χ0v) is 14.4. The van der Waals surface area contributed by atoms with Crippen LogP contribution >= 0.6 is 0 Å². The van der Waals surface area contributed by atoms with Crippen molar-refractivity contribution in [3.8, 4) is 0 Å². The van der Waals surface area contributed by atoms with E-state index in [1.807, 2.05) is 0 Å². The fourth-order valence-corrected chi connectivity index (χ4v) is 1.96. The number of amides is 3. The fraction of sp³-hybridized carbons (Fsp3) is 0.688. The maximum atomic E-state index is 12.2. The van der Waals surface area contributed by atoms with Crippen molar-refractivity contribution in [2.75, 3.05) is 20.1 Å². The van der Waals surface area contributed by atoms with E-state index < -0.39 is 11.8 Å². The van der Waals surface area contributed by atoms with Crippen molar-refractivity contribution in [1.82, 2.24) is 10.2 Å². The Morgan fingerprint density at radius 3 is 2.04 bits per heavy atom. The third-order valence-electron chi connectivity index (χ3n) is 3.47. The van der Waals surface area contributed by atoms with Crippen molar-refractivity contribution in [3.63, 3.8) is 0 Å². The second-order valence-corrected chi connectivity index (χ2v) is 5.53. The lowest BCUT2D eigenvalue weighted by Crippen LogP contribution is -2.42. The highest BCUT2D eigenvalue weighted by atomic mass is 16.2. The maximum absolute atomic E-state index is 12.2. The van der Waals surface area contributed by atoms with E-state index in [0.717, 1.165) is 0 Å². The molecule has 0 aliphatic heterocycles. The molecule has 0 unspecified atom stereocenters. The number of likely N-dealkylation sites (N-methyl/N-ethyl adjacent to an activating group) is 1. The molecule has 136 valence electrons. The number of Topliss-reactive ketones (excluding diaryl/α,β-unsaturated/α-hetero) is 2. The molecule has 0 rings (SSSR count). The summed E-state index contributed by atoms with van der Waals surface area (Å²) in [6.07, 6.45) is 1.91. The molecule has 0 aromatic heterocycles. The van der Waals surface area contributed by atoms with Crippen molar-refractivity contribution in [2.45, 2.75) is 51.9 Å². The van der Waals surface area contributed by atoms with Crippen molar-refractivity contribution < 1.29 is 24.0 Å². The van der Waals surface area contributed by atoms with Crippen LogP contribution in [0.5, 0.6) is 0 Å². The molecule has 0 heterocycles. The van der Waals surface area contributed by atoms with E-state index in [1.165, 1.54) is 11.9 Å². The fourth-order valence-electron chi connectivity index (χ4n) is 1.96. The molecule has 0 bridgehead atoms. The first-order valence-electron chi connectivity index (χ1n) is 8.10. The predicted octanol–water partition coefficient (Wildman–Crippen LogP) is -0.0649. The van der Waals surface area contributed by atoms with Gasteiger partial charge >= 0.3 is 0 Å². The molecule has 0 radical (unpaired) electrons. The van der Waals surface area contributed by atoms with E-state index in [4.69, 9.17) is 5.73 Å². The van der Waals surface area contributed by atoms with Gasteiger partial charge < -0.3 is 16.0 Å². The molecule has 0 aromatic rings. The lowest BCUT2D eigenvalue weighted by molar-refractivity contribution is -0.139. The van der Waals surface area contributed by atoms with Gasteiger partial charge in [-0.1, -0.05) is 6.92 Å². The Balaban J connectivity index is 4.33. The van der Waals surface area contributed by atoms with Crippen LogP contribution in [0.1, 0.15) is 51.9 Å². The van der Waals surface area contributed by atoms with Gasteiger partial charge in [0.1, 0.15) is 5.78 Å². The number of nitrogens with two attached hydrogens (primary N) is 1. The Bertz CT molecular complexity index is 458. The summed E-state index contributed by atoms with van der Waals surface area (Å²) >= 11 is 0. The van der Waals surface area contributed by atoms with Gasteiger partial charge in [-0.15, -0.1) is 0 Å². The van der Waals surface area contributed by atoms with Crippen LogP contribution in [0.3, 0.4) is 0 Å². The minimum Gasteiger partial charge on any atom is -0.370 e. The van der Waals surface area contributed by atoms with Crippen LogP contribution in [0.4, 0.5) is 0 Å². The molecular weight excluding hydrogens is 314 g/mol. The molecule has 0 aliphatic rings. The van der Waals surface area contributed by atoms with Crippen LogP contribution in [-0.4, -0.2) is 54.3 Å². The molecular formula is C16H27N3O5. The molecule has 0 spiro atoms. The van der Waals surface area contributed by atoms with E-state index >= 15 is 0 Å². The van der Waals surface area contributed by atoms with Gasteiger partial charge in [0.05, 0.1) is 13.1 Å². The number of rotatable bonds is 13. The number of carbonyl (C=O) groups is 5. The first-order chi connectivity index (χ1) is 11.3. The highest BCUT2D eigenvalue weighted by Gasteiger charge is 2.19. The number of ketones is 2. The number of primary amides is 1. The third kappa shape index (κ3) is 10.5. The molecule has 0 atom stereocenters. The molecule has 8 nitrogen and oxygen atoms in total. The van der Waals surface area contributed by atoms with Crippen LogP contribution in [0.2, 0.25) is 0 Å². The van der Waals surface area contributed by atoms with Crippen LogP contribution < -0.4 is 11.1 Å². The molecule has 8 heteroatoms. The van der Waals surface area contributed by atoms with E-state index in [1.54, 1.807) is 6.92 Å². The van der Waals surface area contributed by atoms with E-state index in [2.05, 4.69) is 5.32 Å². The summed E-state index contributed by atoms with van der Waals surface area (Å²) in [7, 11) is 1.45. The number of nitrogens with one attached hydrogen (secondary N) is 1. The zero-order valence-electron chi connectivity index (χ0n) is 14.4. The first-order valence-corrected chi connectivity index (χ1v) is 8.10. The lowest BCUT2D eigenvalue weighted by Gasteiger charge is -2.20. The minimum absolute atomic E-state index is 0.0390. The van der Waals surface area contributed by atoms with Crippen molar-refractivity contribution in [3.05, 3.63) is 0 Å². The summed E-state index contributed by atoms with van der Waals surface area (Å²) in [5.41, 5.74) is 5.01. The lowest BCUT2D eigenvalue weighted by atomic mass is 10.1. The van der Waals surface area contributed by atoms with Gasteiger partial charge in [-0.3, -0.25) is 24.0 Å². The van der Waals surface area contributed by atoms with Crippen molar-refractivity contribution in [2.24, 2.45) is 5.73 Å². The second-order valence-electron chi connectivity index (χ2n) is 5.53. The number of carbonyl (C=O) groups excluding carboxylic acids is 5. The zero-order chi connectivity index (χ0) is 18.5. The van der Waals surface area contributed by atoms with Gasteiger partial charge in [-0.05, 0) is 12.8 Å². The summed E-state index contributed by atoms with van der Waals surface area (Å²) < 4.78 is 0. The van der Waals surface area contributed by atoms with E-state index in [-0.39, 0.29) is 62.7 Å². The average Bonchev–Trinajstić information content (AvgIpc) is 2.55. The molecule has 3 amide bonds. The van der Waals surface area contributed by atoms with Crippen LogP contribution in [0.25, 0.3) is 0 Å². The summed E-state index contributed by atoms with van der Waals surface area (Å²) in [5, 5.41) is 2.40. The van der Waals surface area contributed by atoms with Gasteiger partial charge in [0.2, 0.25) is 17.7 Å². The van der Waals surface area contributed by atoms with Gasteiger partial charge in [-0.2, -0.15) is 0 Å². The van der Waals surface area contributed by atoms with Gasteiger partial charge in [-0.25, -0.2) is 0 Å². The second kappa shape index (κ2) is 12.2. The van der Waals surface area contributed by atoms with Crippen molar-refractivity contribution >= 4 is 29.3 Å². The molecule has 0 saturated heterocycles. The Kier molecular flexibility index (Phi) is 11.1. The Morgan fingerprint density at radius 2 is 1.50 bits per heavy atom. The molecule has 24 heavy (non-hydrogen) atoms. The highest BCUT2D eigenvalue weighted by Crippen LogP contribution is 2.06. The van der Waals surface area contributed by atoms with Gasteiger partial charge in [0.25, 0.3) is 0 Å². The predicted molar refractivity (Wildman–Crippen MR) is 87.8 cm³/mol. The normalized spacial score (nSPS) is 10.1. The maximum Gasteiger partial charge on any atom is 0.239 e. The largest absolute Gasteiger partial charge is 0.370 e. The first kappa shape index (κ1) is 21.8.